The molecule has 96 valence electrons. The van der Waals surface area contributed by atoms with Crippen molar-refractivity contribution < 1.29 is 0 Å². The van der Waals surface area contributed by atoms with Crippen molar-refractivity contribution >= 4 is 32.7 Å². The molecule has 2 nitrogen and oxygen atoms in total. The Morgan fingerprint density at radius 2 is 2.00 bits per heavy atom. The third kappa shape index (κ3) is 2.66. The Bertz CT molecular complexity index is 525. The van der Waals surface area contributed by atoms with Crippen LogP contribution in [0.15, 0.2) is 30.3 Å². The number of halogens is 1. The Labute approximate surface area is 117 Å². The molecule has 0 spiro atoms. The van der Waals surface area contributed by atoms with Gasteiger partial charge in [0.25, 0.3) is 0 Å². The first-order valence-corrected chi connectivity index (χ1v) is 7.61. The van der Waals surface area contributed by atoms with Crippen molar-refractivity contribution in [2.24, 2.45) is 0 Å². The van der Waals surface area contributed by atoms with E-state index in [0.29, 0.717) is 0 Å². The Hall–Kier alpha value is -1.09. The average molecular weight is 307 g/mol. The fourth-order valence-electron chi connectivity index (χ4n) is 2.21. The van der Waals surface area contributed by atoms with Gasteiger partial charge in [-0.25, -0.2) is 4.98 Å². The van der Waals surface area contributed by atoms with Crippen LogP contribution in [0.2, 0.25) is 0 Å². The predicted octanol–water partition coefficient (Wildman–Crippen LogP) is 4.37. The molecule has 2 aromatic rings. The minimum absolute atomic E-state index is 0.848. The number of benzene rings is 1. The number of para-hydroxylation sites is 1. The zero-order valence-electron chi connectivity index (χ0n) is 11.0. The highest BCUT2D eigenvalue weighted by atomic mass is 79.9. The maximum absolute atomic E-state index is 4.83. The molecule has 0 saturated heterocycles. The Morgan fingerprint density at radius 3 is 2.67 bits per heavy atom. The highest BCUT2D eigenvalue weighted by Gasteiger charge is 2.11. The van der Waals surface area contributed by atoms with E-state index in [-0.39, 0.29) is 0 Å². The van der Waals surface area contributed by atoms with E-state index in [2.05, 4.69) is 58.9 Å². The summed E-state index contributed by atoms with van der Waals surface area (Å²) in [5.41, 5.74) is 2.34. The van der Waals surface area contributed by atoms with Crippen LogP contribution in [0.1, 0.15) is 25.8 Å². The molecule has 0 unspecified atom stereocenters. The van der Waals surface area contributed by atoms with Gasteiger partial charge in [0.05, 0.1) is 5.52 Å². The first-order valence-electron chi connectivity index (χ1n) is 6.49. The summed E-state index contributed by atoms with van der Waals surface area (Å²) in [4.78, 5) is 7.18. The number of rotatable bonds is 5. The molecule has 0 saturated carbocycles. The first-order chi connectivity index (χ1) is 8.80. The highest BCUT2D eigenvalue weighted by Crippen LogP contribution is 2.25. The third-order valence-corrected chi connectivity index (χ3v) is 3.70. The third-order valence-electron chi connectivity index (χ3n) is 3.10. The lowest BCUT2D eigenvalue weighted by Gasteiger charge is -2.24. The summed E-state index contributed by atoms with van der Waals surface area (Å²) in [6, 6.07) is 10.5. The molecule has 0 fully saturated rings. The monoisotopic (exact) mass is 306 g/mol. The van der Waals surface area contributed by atoms with E-state index in [9.17, 15) is 0 Å². The van der Waals surface area contributed by atoms with Crippen LogP contribution in [0.5, 0.6) is 0 Å². The van der Waals surface area contributed by atoms with Crippen molar-refractivity contribution in [1.29, 1.82) is 0 Å². The molecular weight excluding hydrogens is 288 g/mol. The molecule has 0 aliphatic carbocycles. The quantitative estimate of drug-likeness (QED) is 0.763. The van der Waals surface area contributed by atoms with Gasteiger partial charge in [-0.1, -0.05) is 41.1 Å². The van der Waals surface area contributed by atoms with Crippen LogP contribution in [0.4, 0.5) is 5.82 Å². The SMILES string of the molecule is CCCN(CC)c1nc2ccccc2cc1CBr. The molecule has 1 heterocycles. The second kappa shape index (κ2) is 6.19. The van der Waals surface area contributed by atoms with Crippen LogP contribution < -0.4 is 4.90 Å². The zero-order chi connectivity index (χ0) is 13.0. The van der Waals surface area contributed by atoms with Gasteiger partial charge in [0.2, 0.25) is 0 Å². The van der Waals surface area contributed by atoms with Crippen LogP contribution in [0, 0.1) is 0 Å². The second-order valence-corrected chi connectivity index (χ2v) is 4.94. The summed E-state index contributed by atoms with van der Waals surface area (Å²) in [7, 11) is 0. The molecule has 2 rings (SSSR count). The van der Waals surface area contributed by atoms with E-state index in [1.54, 1.807) is 0 Å². The van der Waals surface area contributed by atoms with Gasteiger partial charge in [-0.15, -0.1) is 0 Å². The lowest BCUT2D eigenvalue weighted by Crippen LogP contribution is -2.25. The van der Waals surface area contributed by atoms with E-state index < -0.39 is 0 Å². The van der Waals surface area contributed by atoms with Crippen LogP contribution in [-0.2, 0) is 5.33 Å². The molecule has 0 N–H and O–H groups in total. The highest BCUT2D eigenvalue weighted by molar-refractivity contribution is 9.08. The zero-order valence-corrected chi connectivity index (χ0v) is 12.6. The molecular formula is C15H19BrN2. The summed E-state index contributed by atoms with van der Waals surface area (Å²) in [6.45, 7) is 6.45. The van der Waals surface area contributed by atoms with Crippen molar-refractivity contribution in [3.05, 3.63) is 35.9 Å². The second-order valence-electron chi connectivity index (χ2n) is 4.38. The molecule has 18 heavy (non-hydrogen) atoms. The summed E-state index contributed by atoms with van der Waals surface area (Å²) < 4.78 is 0. The summed E-state index contributed by atoms with van der Waals surface area (Å²) in [5.74, 6) is 1.12. The topological polar surface area (TPSA) is 16.1 Å². The number of aromatic nitrogens is 1. The van der Waals surface area contributed by atoms with Gasteiger partial charge < -0.3 is 4.90 Å². The summed E-state index contributed by atoms with van der Waals surface area (Å²) >= 11 is 3.58. The molecule has 0 aliphatic heterocycles. The van der Waals surface area contributed by atoms with Gasteiger partial charge in [-0.3, -0.25) is 0 Å². The van der Waals surface area contributed by atoms with E-state index in [1.165, 1.54) is 10.9 Å². The smallest absolute Gasteiger partial charge is 0.133 e. The minimum Gasteiger partial charge on any atom is -0.357 e. The Morgan fingerprint density at radius 1 is 1.22 bits per heavy atom. The molecule has 0 aliphatic rings. The first kappa shape index (κ1) is 13.3. The van der Waals surface area contributed by atoms with Crippen molar-refractivity contribution in [1.82, 2.24) is 4.98 Å². The van der Waals surface area contributed by atoms with Crippen molar-refractivity contribution in [3.8, 4) is 0 Å². The Kier molecular flexibility index (Phi) is 4.59. The fraction of sp³-hybridized carbons (Fsp3) is 0.400. The number of alkyl halides is 1. The van der Waals surface area contributed by atoms with Crippen LogP contribution in [-0.4, -0.2) is 18.1 Å². The van der Waals surface area contributed by atoms with Gasteiger partial charge in [0.1, 0.15) is 5.82 Å². The van der Waals surface area contributed by atoms with Gasteiger partial charge in [0, 0.05) is 29.4 Å². The van der Waals surface area contributed by atoms with Crippen molar-refractivity contribution in [3.63, 3.8) is 0 Å². The fourth-order valence-corrected chi connectivity index (χ4v) is 2.62. The molecule has 0 amide bonds. The van der Waals surface area contributed by atoms with Crippen LogP contribution >= 0.6 is 15.9 Å². The number of nitrogens with zero attached hydrogens (tertiary/aromatic N) is 2. The van der Waals surface area contributed by atoms with Gasteiger partial charge in [-0.05, 0) is 25.5 Å². The van der Waals surface area contributed by atoms with Gasteiger partial charge >= 0.3 is 0 Å². The van der Waals surface area contributed by atoms with E-state index >= 15 is 0 Å². The van der Waals surface area contributed by atoms with Crippen molar-refractivity contribution in [2.45, 2.75) is 25.6 Å². The van der Waals surface area contributed by atoms with Gasteiger partial charge in [0.15, 0.2) is 0 Å². The number of hydrogen-bond acceptors (Lipinski definition) is 2. The normalized spacial score (nSPS) is 10.8. The average Bonchev–Trinajstić information content (AvgIpc) is 2.43. The van der Waals surface area contributed by atoms with E-state index in [1.807, 2.05) is 6.07 Å². The minimum atomic E-state index is 0.848. The maximum Gasteiger partial charge on any atom is 0.133 e. The molecule has 0 atom stereocenters. The predicted molar refractivity (Wildman–Crippen MR) is 82.6 cm³/mol. The summed E-state index contributed by atoms with van der Waals surface area (Å²) in [5, 5.41) is 2.06. The number of pyridine rings is 1. The largest absolute Gasteiger partial charge is 0.357 e. The van der Waals surface area contributed by atoms with Crippen molar-refractivity contribution in [2.75, 3.05) is 18.0 Å². The van der Waals surface area contributed by atoms with Crippen LogP contribution in [0.25, 0.3) is 10.9 Å². The molecule has 1 aromatic carbocycles. The molecule has 0 bridgehead atoms. The lowest BCUT2D eigenvalue weighted by molar-refractivity contribution is 0.777. The number of anilines is 1. The standard InChI is InChI=1S/C15H19BrN2/c1-3-9-18(4-2)15-13(11-16)10-12-7-5-6-8-14(12)17-15/h5-8,10H,3-4,9,11H2,1-2H3. The van der Waals surface area contributed by atoms with E-state index in [4.69, 9.17) is 4.98 Å². The lowest BCUT2D eigenvalue weighted by atomic mass is 10.1. The van der Waals surface area contributed by atoms with E-state index in [0.717, 1.165) is 36.2 Å². The Balaban J connectivity index is 2.53. The summed E-state index contributed by atoms with van der Waals surface area (Å²) in [6.07, 6.45) is 1.14. The molecule has 3 heteroatoms. The number of hydrogen-bond donors (Lipinski definition) is 0. The van der Waals surface area contributed by atoms with Gasteiger partial charge in [-0.2, -0.15) is 0 Å². The molecule has 1 aromatic heterocycles. The number of fused-ring (bicyclic) bond motifs is 1. The molecule has 0 radical (unpaired) electrons. The maximum atomic E-state index is 4.83. The van der Waals surface area contributed by atoms with Crippen LogP contribution in [0.3, 0.4) is 0 Å².